The monoisotopic (exact) mass is 440 g/mol. The standard InChI is InChI=1S/C20H21N6O4P/c1-11-5-6-17-13(7-11)12(2)29-20-19(22)23-9-14(24-20)18-15(10-31(27,28-4)30-17)25-26(3)16(18)8-21/h5-7,9,12H,10H2,1-4H3,(H2,22,23)/t12-,31?/m1/s1. The predicted octanol–water partition coefficient (Wildman–Crippen LogP) is 3.51. The van der Waals surface area contributed by atoms with Crippen LogP contribution in [0.25, 0.3) is 11.3 Å². The number of nitrogen functional groups attached to an aromatic ring is 1. The summed E-state index contributed by atoms with van der Waals surface area (Å²) in [5.41, 5.74) is 8.88. The Hall–Kier alpha value is -3.41. The van der Waals surface area contributed by atoms with E-state index in [1.54, 1.807) is 20.0 Å². The second-order valence-electron chi connectivity index (χ2n) is 7.20. The van der Waals surface area contributed by atoms with Crippen molar-refractivity contribution in [1.82, 2.24) is 19.7 Å². The number of nitriles is 1. The van der Waals surface area contributed by atoms with Crippen molar-refractivity contribution in [2.75, 3.05) is 12.8 Å². The maximum absolute atomic E-state index is 13.6. The largest absolute Gasteiger partial charge is 0.467 e. The van der Waals surface area contributed by atoms with E-state index in [2.05, 4.69) is 21.1 Å². The maximum Gasteiger partial charge on any atom is 0.384 e. The third-order valence-corrected chi connectivity index (χ3v) is 6.72. The van der Waals surface area contributed by atoms with Crippen molar-refractivity contribution in [1.29, 1.82) is 5.26 Å². The number of benzene rings is 1. The molecule has 0 amide bonds. The Morgan fingerprint density at radius 3 is 2.90 bits per heavy atom. The first kappa shape index (κ1) is 20.8. The van der Waals surface area contributed by atoms with Gasteiger partial charge in [-0.1, -0.05) is 11.6 Å². The molecule has 1 aromatic carbocycles. The van der Waals surface area contributed by atoms with Gasteiger partial charge < -0.3 is 19.5 Å². The molecule has 2 bridgehead atoms. The minimum absolute atomic E-state index is 0.106. The summed E-state index contributed by atoms with van der Waals surface area (Å²) in [6, 6.07) is 7.53. The van der Waals surface area contributed by atoms with Crippen LogP contribution in [0.15, 0.2) is 24.4 Å². The highest BCUT2D eigenvalue weighted by Crippen LogP contribution is 2.53. The van der Waals surface area contributed by atoms with Crippen molar-refractivity contribution < 1.29 is 18.3 Å². The van der Waals surface area contributed by atoms with Crippen LogP contribution < -0.4 is 15.0 Å². The number of anilines is 1. The summed E-state index contributed by atoms with van der Waals surface area (Å²) in [5, 5.41) is 14.1. The van der Waals surface area contributed by atoms with E-state index >= 15 is 0 Å². The van der Waals surface area contributed by atoms with Crippen molar-refractivity contribution in [3.05, 3.63) is 46.9 Å². The molecule has 0 fully saturated rings. The van der Waals surface area contributed by atoms with Crippen LogP contribution in [0.4, 0.5) is 5.82 Å². The molecule has 0 saturated heterocycles. The van der Waals surface area contributed by atoms with Crippen LogP contribution in [0.5, 0.6) is 11.6 Å². The van der Waals surface area contributed by atoms with E-state index < -0.39 is 13.7 Å². The lowest BCUT2D eigenvalue weighted by molar-refractivity contribution is 0.214. The van der Waals surface area contributed by atoms with E-state index in [-0.39, 0.29) is 23.6 Å². The number of nitrogens with two attached hydrogens (primary N) is 1. The van der Waals surface area contributed by atoms with Crippen molar-refractivity contribution in [2.24, 2.45) is 7.05 Å². The second-order valence-corrected chi connectivity index (χ2v) is 9.28. The van der Waals surface area contributed by atoms with Crippen molar-refractivity contribution in [3.63, 3.8) is 0 Å². The molecule has 0 radical (unpaired) electrons. The fraction of sp³-hybridized carbons (Fsp3) is 0.300. The first-order chi connectivity index (χ1) is 14.7. The molecule has 31 heavy (non-hydrogen) atoms. The van der Waals surface area contributed by atoms with Crippen molar-refractivity contribution in [2.45, 2.75) is 26.1 Å². The first-order valence-corrected chi connectivity index (χ1v) is 11.2. The second kappa shape index (κ2) is 7.69. The maximum atomic E-state index is 13.6. The van der Waals surface area contributed by atoms with Gasteiger partial charge in [0.25, 0.3) is 5.88 Å². The Labute approximate surface area is 179 Å². The van der Waals surface area contributed by atoms with E-state index in [4.69, 9.17) is 19.5 Å². The average Bonchev–Trinajstić information content (AvgIpc) is 3.04. The van der Waals surface area contributed by atoms with E-state index in [0.717, 1.165) is 5.56 Å². The van der Waals surface area contributed by atoms with Gasteiger partial charge in [0.2, 0.25) is 0 Å². The summed E-state index contributed by atoms with van der Waals surface area (Å²) < 4.78 is 32.2. The molecule has 0 aliphatic carbocycles. The predicted molar refractivity (Wildman–Crippen MR) is 113 cm³/mol. The summed E-state index contributed by atoms with van der Waals surface area (Å²) in [4.78, 5) is 8.69. The molecule has 11 heteroatoms. The number of nitrogens with zero attached hydrogens (tertiary/aromatic N) is 5. The third-order valence-electron chi connectivity index (χ3n) is 5.00. The summed E-state index contributed by atoms with van der Waals surface area (Å²) in [6.45, 7) is 3.73. The highest BCUT2D eigenvalue weighted by Gasteiger charge is 2.33. The number of fused-ring (bicyclic) bond motifs is 5. The Balaban J connectivity index is 2.00. The number of rotatable bonds is 1. The summed E-state index contributed by atoms with van der Waals surface area (Å²) in [5.74, 6) is 0.575. The minimum Gasteiger partial charge on any atom is -0.467 e. The molecule has 3 aromatic rings. The number of hydrogen-bond donors (Lipinski definition) is 1. The molecule has 2 aromatic heterocycles. The van der Waals surface area contributed by atoms with Gasteiger partial charge in [-0.05, 0) is 26.0 Å². The van der Waals surface area contributed by atoms with Crippen molar-refractivity contribution >= 4 is 13.4 Å². The molecule has 0 spiro atoms. The van der Waals surface area contributed by atoms with E-state index in [0.29, 0.717) is 28.3 Å². The number of hydrogen-bond acceptors (Lipinski definition) is 9. The lowest BCUT2D eigenvalue weighted by Crippen LogP contribution is -2.11. The van der Waals surface area contributed by atoms with E-state index in [9.17, 15) is 9.83 Å². The smallest absolute Gasteiger partial charge is 0.384 e. The lowest BCUT2D eigenvalue weighted by atomic mass is 10.1. The van der Waals surface area contributed by atoms with E-state index in [1.165, 1.54) is 18.0 Å². The molecular weight excluding hydrogens is 419 g/mol. The van der Waals surface area contributed by atoms with Gasteiger partial charge >= 0.3 is 7.60 Å². The van der Waals surface area contributed by atoms with Crippen LogP contribution in [0.3, 0.4) is 0 Å². The molecular formula is C20H21N6O4P. The first-order valence-electron chi connectivity index (χ1n) is 9.45. The van der Waals surface area contributed by atoms with Gasteiger partial charge in [0.15, 0.2) is 5.82 Å². The zero-order valence-corrected chi connectivity index (χ0v) is 18.4. The van der Waals surface area contributed by atoms with Crippen LogP contribution in [0.1, 0.15) is 35.5 Å². The van der Waals surface area contributed by atoms with Crippen molar-refractivity contribution in [3.8, 4) is 29.0 Å². The van der Waals surface area contributed by atoms with Crippen LogP contribution in [0, 0.1) is 18.3 Å². The molecule has 160 valence electrons. The number of aryl methyl sites for hydroxylation is 2. The quantitative estimate of drug-likeness (QED) is 0.563. The zero-order valence-electron chi connectivity index (χ0n) is 17.5. The Kier molecular flexibility index (Phi) is 5.17. The fourth-order valence-electron chi connectivity index (χ4n) is 3.44. The summed E-state index contributed by atoms with van der Waals surface area (Å²) in [6.07, 6.45) is 0.713. The van der Waals surface area contributed by atoms with E-state index in [1.807, 2.05) is 19.1 Å². The van der Waals surface area contributed by atoms with Gasteiger partial charge in [-0.2, -0.15) is 10.4 Å². The van der Waals surface area contributed by atoms with Gasteiger partial charge in [0, 0.05) is 19.7 Å². The van der Waals surface area contributed by atoms with Gasteiger partial charge in [0.1, 0.15) is 29.8 Å². The Morgan fingerprint density at radius 1 is 1.42 bits per heavy atom. The normalized spacial score (nSPS) is 20.2. The molecule has 10 nitrogen and oxygen atoms in total. The third kappa shape index (κ3) is 3.74. The van der Waals surface area contributed by atoms with Gasteiger partial charge in [0.05, 0.1) is 23.1 Å². The topological polar surface area (TPSA) is 138 Å². The molecule has 4 rings (SSSR count). The number of aromatic nitrogens is 4. The van der Waals surface area contributed by atoms with Gasteiger partial charge in [-0.25, -0.2) is 14.5 Å². The molecule has 1 unspecified atom stereocenters. The van der Waals surface area contributed by atoms with Crippen LogP contribution in [-0.4, -0.2) is 26.9 Å². The fourth-order valence-corrected chi connectivity index (χ4v) is 4.77. The molecule has 3 heterocycles. The van der Waals surface area contributed by atoms with Crippen LogP contribution >= 0.6 is 7.60 Å². The van der Waals surface area contributed by atoms with Crippen LogP contribution in [-0.2, 0) is 22.3 Å². The van der Waals surface area contributed by atoms with Gasteiger partial charge in [-0.3, -0.25) is 4.68 Å². The molecule has 0 saturated carbocycles. The summed E-state index contributed by atoms with van der Waals surface area (Å²) >= 11 is 0. The Morgan fingerprint density at radius 2 is 2.19 bits per heavy atom. The van der Waals surface area contributed by atoms with Gasteiger partial charge in [-0.15, -0.1) is 0 Å². The SMILES string of the molecule is COP1(=O)Cc2nn(C)c(C#N)c2-c2cnc(N)c(n2)O[C@H](C)c2cc(C)ccc2O1. The Bertz CT molecular complexity index is 1270. The zero-order chi connectivity index (χ0) is 22.3. The minimum atomic E-state index is -3.69. The lowest BCUT2D eigenvalue weighted by Gasteiger charge is -2.23. The number of ether oxygens (including phenoxy) is 1. The van der Waals surface area contributed by atoms with Crippen LogP contribution in [0.2, 0.25) is 0 Å². The highest BCUT2D eigenvalue weighted by molar-refractivity contribution is 7.53. The molecule has 1 aliphatic rings. The summed E-state index contributed by atoms with van der Waals surface area (Å²) in [7, 11) is -0.762. The molecule has 2 N–H and O–H groups in total. The molecule has 1 aliphatic heterocycles. The highest BCUT2D eigenvalue weighted by atomic mass is 31.2. The average molecular weight is 440 g/mol. The molecule has 2 atom stereocenters.